The van der Waals surface area contributed by atoms with Crippen LogP contribution in [-0.2, 0) is 6.42 Å². The summed E-state index contributed by atoms with van der Waals surface area (Å²) in [7, 11) is 0. The molecule has 0 spiro atoms. The van der Waals surface area contributed by atoms with E-state index in [4.69, 9.17) is 5.73 Å². The standard InChI is InChI=1S/C19H22N4.C12H12/c1-12-5-3-6-13(2)18(12)17-9-15(14-7-4-8-22-11-14)16(10-20)19(21)23-17;1-2-10-7-8-11-5-3-4-6-12(11)9-10/h3,5-6,9,14,22H,4,7-8,11H2,1-2H3,(H2,21,23);3-9H,2H2,1H3. The normalized spacial score (nSPS) is 15.2. The monoisotopic (exact) mass is 462 g/mol. The van der Waals surface area contributed by atoms with Gasteiger partial charge in [-0.05, 0) is 84.7 Å². The van der Waals surface area contributed by atoms with Crippen LogP contribution in [0.15, 0.2) is 66.7 Å². The van der Waals surface area contributed by atoms with E-state index >= 15 is 0 Å². The molecule has 178 valence electrons. The molecule has 3 aromatic carbocycles. The molecule has 5 rings (SSSR count). The fraction of sp³-hybridized carbons (Fsp3) is 0.290. The lowest BCUT2D eigenvalue weighted by Crippen LogP contribution is -2.29. The van der Waals surface area contributed by atoms with Crippen LogP contribution in [0.25, 0.3) is 22.0 Å². The topological polar surface area (TPSA) is 74.7 Å². The summed E-state index contributed by atoms with van der Waals surface area (Å²) in [5, 5.41) is 15.6. The lowest BCUT2D eigenvalue weighted by atomic mass is 9.87. The van der Waals surface area contributed by atoms with Crippen LogP contribution in [0.5, 0.6) is 0 Å². The summed E-state index contributed by atoms with van der Waals surface area (Å²) in [5.41, 5.74) is 13.4. The number of aromatic nitrogens is 1. The molecule has 1 unspecified atom stereocenters. The SMILES string of the molecule is CCc1ccc2ccccc2c1.Cc1cccc(C)c1-c1cc(C2CCCNC2)c(C#N)c(N)n1. The van der Waals surface area contributed by atoms with Gasteiger partial charge in [0, 0.05) is 12.1 Å². The number of anilines is 1. The largest absolute Gasteiger partial charge is 0.383 e. The van der Waals surface area contributed by atoms with Crippen molar-refractivity contribution in [3.63, 3.8) is 0 Å². The quantitative estimate of drug-likeness (QED) is 0.356. The Morgan fingerprint density at radius 1 is 1.00 bits per heavy atom. The Balaban J connectivity index is 0.000000201. The molecule has 1 saturated heterocycles. The van der Waals surface area contributed by atoms with Crippen LogP contribution in [-0.4, -0.2) is 18.1 Å². The predicted octanol–water partition coefficient (Wildman–Crippen LogP) is 6.69. The van der Waals surface area contributed by atoms with Gasteiger partial charge >= 0.3 is 0 Å². The van der Waals surface area contributed by atoms with E-state index in [1.807, 2.05) is 6.07 Å². The smallest absolute Gasteiger partial charge is 0.142 e. The highest BCUT2D eigenvalue weighted by molar-refractivity contribution is 5.83. The number of benzene rings is 3. The van der Waals surface area contributed by atoms with E-state index in [2.05, 4.69) is 97.8 Å². The van der Waals surface area contributed by atoms with Gasteiger partial charge in [-0.2, -0.15) is 5.26 Å². The Bertz CT molecular complexity index is 1340. The second-order valence-corrected chi connectivity index (χ2v) is 9.31. The summed E-state index contributed by atoms with van der Waals surface area (Å²) >= 11 is 0. The Morgan fingerprint density at radius 2 is 1.74 bits per heavy atom. The van der Waals surface area contributed by atoms with Gasteiger partial charge in [-0.3, -0.25) is 0 Å². The van der Waals surface area contributed by atoms with Crippen LogP contribution < -0.4 is 11.1 Å². The zero-order chi connectivity index (χ0) is 24.8. The molecule has 0 aliphatic carbocycles. The van der Waals surface area contributed by atoms with Crippen LogP contribution in [0, 0.1) is 25.2 Å². The molecule has 0 saturated carbocycles. The van der Waals surface area contributed by atoms with Crippen LogP contribution in [0.4, 0.5) is 5.82 Å². The van der Waals surface area contributed by atoms with Gasteiger partial charge in [-0.25, -0.2) is 4.98 Å². The van der Waals surface area contributed by atoms with Crippen molar-refractivity contribution < 1.29 is 0 Å². The number of piperidine rings is 1. The average Bonchev–Trinajstić information content (AvgIpc) is 2.89. The number of hydrogen-bond acceptors (Lipinski definition) is 4. The van der Waals surface area contributed by atoms with Crippen molar-refractivity contribution in [3.05, 3.63) is 94.5 Å². The number of nitriles is 1. The summed E-state index contributed by atoms with van der Waals surface area (Å²) < 4.78 is 0. The zero-order valence-corrected chi connectivity index (χ0v) is 20.9. The number of hydrogen-bond donors (Lipinski definition) is 2. The van der Waals surface area contributed by atoms with Crippen LogP contribution in [0.1, 0.15) is 53.5 Å². The van der Waals surface area contributed by atoms with E-state index in [1.165, 1.54) is 27.5 Å². The highest BCUT2D eigenvalue weighted by Gasteiger charge is 2.22. The third-order valence-electron chi connectivity index (χ3n) is 6.89. The number of rotatable bonds is 3. The van der Waals surface area contributed by atoms with E-state index in [9.17, 15) is 5.26 Å². The molecular formula is C31H34N4. The first-order valence-electron chi connectivity index (χ1n) is 12.5. The molecule has 1 atom stereocenters. The first-order valence-corrected chi connectivity index (χ1v) is 12.5. The van der Waals surface area contributed by atoms with Crippen molar-refractivity contribution in [1.82, 2.24) is 10.3 Å². The minimum absolute atomic E-state index is 0.326. The summed E-state index contributed by atoms with van der Waals surface area (Å²) in [6, 6.07) is 25.7. The van der Waals surface area contributed by atoms with E-state index < -0.39 is 0 Å². The number of fused-ring (bicyclic) bond motifs is 1. The maximum absolute atomic E-state index is 9.51. The van der Waals surface area contributed by atoms with Crippen molar-refractivity contribution in [3.8, 4) is 17.3 Å². The molecule has 2 heterocycles. The van der Waals surface area contributed by atoms with Gasteiger partial charge in [-0.1, -0.05) is 67.6 Å². The number of nitrogen functional groups attached to an aromatic ring is 1. The van der Waals surface area contributed by atoms with E-state index in [0.29, 0.717) is 17.3 Å². The summed E-state index contributed by atoms with van der Waals surface area (Å²) in [5.74, 6) is 0.667. The van der Waals surface area contributed by atoms with Crippen LogP contribution >= 0.6 is 0 Å². The molecule has 4 aromatic rings. The minimum Gasteiger partial charge on any atom is -0.383 e. The summed E-state index contributed by atoms with van der Waals surface area (Å²) in [6.45, 7) is 8.29. The van der Waals surface area contributed by atoms with E-state index in [1.54, 1.807) is 0 Å². The third-order valence-corrected chi connectivity index (χ3v) is 6.89. The van der Waals surface area contributed by atoms with Crippen molar-refractivity contribution in [2.24, 2.45) is 0 Å². The Morgan fingerprint density at radius 3 is 2.40 bits per heavy atom. The number of nitrogens with two attached hydrogens (primary N) is 1. The zero-order valence-electron chi connectivity index (χ0n) is 20.9. The lowest BCUT2D eigenvalue weighted by Gasteiger charge is -2.25. The fourth-order valence-electron chi connectivity index (χ4n) is 4.95. The van der Waals surface area contributed by atoms with Gasteiger partial charge in [-0.15, -0.1) is 0 Å². The maximum Gasteiger partial charge on any atom is 0.142 e. The van der Waals surface area contributed by atoms with E-state index in [-0.39, 0.29) is 0 Å². The van der Waals surface area contributed by atoms with Gasteiger partial charge in [0.2, 0.25) is 0 Å². The second-order valence-electron chi connectivity index (χ2n) is 9.31. The fourth-order valence-corrected chi connectivity index (χ4v) is 4.95. The van der Waals surface area contributed by atoms with Gasteiger partial charge < -0.3 is 11.1 Å². The van der Waals surface area contributed by atoms with Gasteiger partial charge in [0.15, 0.2) is 0 Å². The number of nitrogens with one attached hydrogen (secondary N) is 1. The molecule has 0 bridgehead atoms. The number of aryl methyl sites for hydroxylation is 3. The molecule has 1 fully saturated rings. The molecule has 4 nitrogen and oxygen atoms in total. The molecule has 4 heteroatoms. The molecule has 1 aliphatic rings. The van der Waals surface area contributed by atoms with Crippen molar-refractivity contribution in [1.29, 1.82) is 5.26 Å². The average molecular weight is 463 g/mol. The van der Waals surface area contributed by atoms with Gasteiger partial charge in [0.25, 0.3) is 0 Å². The lowest BCUT2D eigenvalue weighted by molar-refractivity contribution is 0.461. The Kier molecular flexibility index (Phi) is 7.80. The van der Waals surface area contributed by atoms with Gasteiger partial charge in [0.1, 0.15) is 11.9 Å². The highest BCUT2D eigenvalue weighted by Crippen LogP contribution is 2.34. The second kappa shape index (κ2) is 11.2. The third kappa shape index (κ3) is 5.53. The predicted molar refractivity (Wildman–Crippen MR) is 146 cm³/mol. The molecule has 1 aromatic heterocycles. The Hall–Kier alpha value is -3.68. The number of pyridine rings is 1. The van der Waals surface area contributed by atoms with E-state index in [0.717, 1.165) is 49.2 Å². The maximum atomic E-state index is 9.51. The van der Waals surface area contributed by atoms with Crippen LogP contribution in [0.3, 0.4) is 0 Å². The molecule has 1 aliphatic heterocycles. The van der Waals surface area contributed by atoms with Gasteiger partial charge in [0.05, 0.1) is 11.3 Å². The van der Waals surface area contributed by atoms with Crippen molar-refractivity contribution in [2.45, 2.75) is 46.0 Å². The van der Waals surface area contributed by atoms with Crippen molar-refractivity contribution >= 4 is 16.6 Å². The molecule has 35 heavy (non-hydrogen) atoms. The highest BCUT2D eigenvalue weighted by atomic mass is 14.9. The first kappa shape index (κ1) is 24.4. The van der Waals surface area contributed by atoms with Crippen LogP contribution in [0.2, 0.25) is 0 Å². The summed E-state index contributed by atoms with van der Waals surface area (Å²) in [6.07, 6.45) is 3.32. The molecule has 0 amide bonds. The number of nitrogens with zero attached hydrogens (tertiary/aromatic N) is 2. The van der Waals surface area contributed by atoms with Crippen molar-refractivity contribution in [2.75, 3.05) is 18.8 Å². The minimum atomic E-state index is 0.326. The first-order chi connectivity index (χ1) is 17.0. The molecular weight excluding hydrogens is 428 g/mol. The Labute approximate surface area is 208 Å². The molecule has 0 radical (unpaired) electrons. The summed E-state index contributed by atoms with van der Waals surface area (Å²) in [4.78, 5) is 4.53. The molecule has 3 N–H and O–H groups in total.